The van der Waals surface area contributed by atoms with Crippen molar-refractivity contribution in [1.82, 2.24) is 9.80 Å². The van der Waals surface area contributed by atoms with Gasteiger partial charge in [-0.15, -0.1) is 0 Å². The Morgan fingerprint density at radius 2 is 1.91 bits per heavy atom. The molecular formula is C30H37N3O2. The second-order valence-corrected chi connectivity index (χ2v) is 12.1. The third kappa shape index (κ3) is 2.94. The predicted octanol–water partition coefficient (Wildman–Crippen LogP) is 4.67. The Morgan fingerprint density at radius 3 is 2.69 bits per heavy atom. The molecule has 1 spiro atoms. The van der Waals surface area contributed by atoms with E-state index >= 15 is 0 Å². The molecule has 5 aliphatic rings. The lowest BCUT2D eigenvalue weighted by atomic mass is 9.51. The van der Waals surface area contributed by atoms with Crippen LogP contribution in [-0.2, 0) is 11.8 Å². The lowest BCUT2D eigenvalue weighted by Gasteiger charge is -2.60. The molecule has 1 fully saturated rings. The number of piperidine rings is 1. The smallest absolute Gasteiger partial charge is 0.166 e. The van der Waals surface area contributed by atoms with E-state index in [2.05, 4.69) is 72.9 Å². The van der Waals surface area contributed by atoms with Crippen molar-refractivity contribution >= 4 is 5.69 Å². The Balaban J connectivity index is 1.43. The van der Waals surface area contributed by atoms with E-state index in [1.54, 1.807) is 5.57 Å². The number of nitrogens with zero attached hydrogens (tertiary/aromatic N) is 3. The van der Waals surface area contributed by atoms with Crippen LogP contribution in [-0.4, -0.2) is 60.4 Å². The average molecular weight is 472 g/mol. The summed E-state index contributed by atoms with van der Waals surface area (Å²) in [4.78, 5) is 7.76. The number of hydrogen-bond acceptors (Lipinski definition) is 5. The van der Waals surface area contributed by atoms with Gasteiger partial charge in [0.15, 0.2) is 11.5 Å². The molecule has 5 heteroatoms. The van der Waals surface area contributed by atoms with Gasteiger partial charge in [-0.2, -0.15) is 0 Å². The molecule has 2 aromatic carbocycles. The maximum atomic E-state index is 10.9. The standard InChI is InChI=1S/C30H37N3O2/c1-18(2)15-32-16-21-13-23-24-14-20-7-10-25(34)28-26(20)30(23,11-12-31(24)4)29(35-28)27(21)33(17-32)22-8-5-19(3)6-9-22/h5-10,18,23-24,29,34H,11-17H2,1-4H3/t23-,24+,29?,30-/m0/s1. The summed E-state index contributed by atoms with van der Waals surface area (Å²) in [5.74, 6) is 2.23. The van der Waals surface area contributed by atoms with Gasteiger partial charge in [-0.25, -0.2) is 0 Å². The zero-order valence-corrected chi connectivity index (χ0v) is 21.4. The van der Waals surface area contributed by atoms with Crippen molar-refractivity contribution in [3.8, 4) is 11.5 Å². The first kappa shape index (κ1) is 21.8. The molecule has 1 N–H and O–H groups in total. The van der Waals surface area contributed by atoms with Crippen LogP contribution in [0.4, 0.5) is 5.69 Å². The number of benzene rings is 2. The van der Waals surface area contributed by atoms with Crippen LogP contribution in [0.1, 0.15) is 43.4 Å². The van der Waals surface area contributed by atoms with Gasteiger partial charge in [-0.3, -0.25) is 4.90 Å². The predicted molar refractivity (Wildman–Crippen MR) is 139 cm³/mol. The summed E-state index contributed by atoms with van der Waals surface area (Å²) in [5, 5.41) is 10.9. The second-order valence-electron chi connectivity index (χ2n) is 12.1. The molecule has 0 amide bonds. The van der Waals surface area contributed by atoms with Crippen LogP contribution < -0.4 is 9.64 Å². The van der Waals surface area contributed by atoms with E-state index < -0.39 is 0 Å². The quantitative estimate of drug-likeness (QED) is 0.705. The van der Waals surface area contributed by atoms with Gasteiger partial charge >= 0.3 is 0 Å². The van der Waals surface area contributed by atoms with Gasteiger partial charge in [0.05, 0.1) is 12.4 Å². The summed E-state index contributed by atoms with van der Waals surface area (Å²) in [6.45, 7) is 10.9. The van der Waals surface area contributed by atoms with Crippen molar-refractivity contribution in [2.45, 2.75) is 57.6 Å². The van der Waals surface area contributed by atoms with Crippen molar-refractivity contribution in [2.75, 3.05) is 38.3 Å². The highest BCUT2D eigenvalue weighted by Gasteiger charge is 2.66. The first-order chi connectivity index (χ1) is 16.9. The zero-order chi connectivity index (χ0) is 24.1. The summed E-state index contributed by atoms with van der Waals surface area (Å²) in [6, 6.07) is 13.5. The number of likely N-dealkylation sites (N-methyl/N-ethyl adjacent to an activating group) is 1. The third-order valence-corrected chi connectivity index (χ3v) is 9.48. The lowest BCUT2D eigenvalue weighted by molar-refractivity contribution is -0.0157. The van der Waals surface area contributed by atoms with Gasteiger partial charge < -0.3 is 19.6 Å². The van der Waals surface area contributed by atoms with Crippen LogP contribution in [0.2, 0.25) is 0 Å². The number of rotatable bonds is 3. The molecule has 5 nitrogen and oxygen atoms in total. The lowest BCUT2D eigenvalue weighted by Crippen LogP contribution is -2.66. The maximum Gasteiger partial charge on any atom is 0.166 e. The van der Waals surface area contributed by atoms with E-state index in [1.165, 1.54) is 28.1 Å². The molecule has 3 aliphatic heterocycles. The number of phenols is 1. The van der Waals surface area contributed by atoms with Crippen molar-refractivity contribution in [2.24, 2.45) is 11.8 Å². The minimum Gasteiger partial charge on any atom is -0.504 e. The normalized spacial score (nSPS) is 31.5. The molecular weight excluding hydrogens is 434 g/mol. The fourth-order valence-electron chi connectivity index (χ4n) is 8.12. The molecule has 4 atom stereocenters. The van der Waals surface area contributed by atoms with Crippen LogP contribution in [0.25, 0.3) is 0 Å². The molecule has 35 heavy (non-hydrogen) atoms. The Hall–Kier alpha value is -2.50. The van der Waals surface area contributed by atoms with E-state index in [4.69, 9.17) is 4.74 Å². The van der Waals surface area contributed by atoms with Crippen LogP contribution in [0.5, 0.6) is 11.5 Å². The number of aryl methyl sites for hydroxylation is 1. The zero-order valence-electron chi connectivity index (χ0n) is 21.4. The molecule has 2 bridgehead atoms. The number of phenolic OH excluding ortho intramolecular Hbond substituents is 1. The first-order valence-electron chi connectivity index (χ1n) is 13.4. The molecule has 0 saturated carbocycles. The molecule has 1 saturated heterocycles. The van der Waals surface area contributed by atoms with Gasteiger partial charge in [0.25, 0.3) is 0 Å². The molecule has 1 unspecified atom stereocenters. The molecule has 3 heterocycles. The summed E-state index contributed by atoms with van der Waals surface area (Å²) in [5.41, 5.74) is 8.12. The minimum absolute atomic E-state index is 0.0303. The maximum absolute atomic E-state index is 10.9. The molecule has 2 aromatic rings. The summed E-state index contributed by atoms with van der Waals surface area (Å²) >= 11 is 0. The van der Waals surface area contributed by atoms with Crippen molar-refractivity contribution < 1.29 is 9.84 Å². The number of ether oxygens (including phenoxy) is 1. The van der Waals surface area contributed by atoms with Gasteiger partial charge in [0, 0.05) is 35.8 Å². The fraction of sp³-hybridized carbons (Fsp3) is 0.533. The number of hydrogen-bond donors (Lipinski definition) is 1. The Morgan fingerprint density at radius 1 is 1.11 bits per heavy atom. The van der Waals surface area contributed by atoms with Crippen molar-refractivity contribution in [3.05, 3.63) is 64.4 Å². The average Bonchev–Trinajstić information content (AvgIpc) is 3.17. The van der Waals surface area contributed by atoms with E-state index in [-0.39, 0.29) is 11.5 Å². The monoisotopic (exact) mass is 471 g/mol. The van der Waals surface area contributed by atoms with Crippen molar-refractivity contribution in [1.29, 1.82) is 0 Å². The molecule has 184 valence electrons. The van der Waals surface area contributed by atoms with Gasteiger partial charge in [0.1, 0.15) is 6.10 Å². The van der Waals surface area contributed by atoms with E-state index in [0.29, 0.717) is 23.6 Å². The number of anilines is 1. The Kier molecular flexibility index (Phi) is 4.66. The fourth-order valence-corrected chi connectivity index (χ4v) is 8.12. The minimum atomic E-state index is -0.0408. The first-order valence-corrected chi connectivity index (χ1v) is 13.4. The highest BCUT2D eigenvalue weighted by Crippen LogP contribution is 2.65. The van der Waals surface area contributed by atoms with Gasteiger partial charge in [-0.05, 0) is 81.0 Å². The highest BCUT2D eigenvalue weighted by molar-refractivity contribution is 5.66. The number of fused-ring (bicyclic) bond motifs is 1. The van der Waals surface area contributed by atoms with E-state index in [0.717, 1.165) is 51.3 Å². The molecule has 0 aromatic heterocycles. The van der Waals surface area contributed by atoms with Gasteiger partial charge in [0.2, 0.25) is 0 Å². The molecule has 7 rings (SSSR count). The van der Waals surface area contributed by atoms with Crippen LogP contribution in [0, 0.1) is 18.8 Å². The van der Waals surface area contributed by atoms with Crippen LogP contribution >= 0.6 is 0 Å². The van der Waals surface area contributed by atoms with Gasteiger partial charge in [-0.1, -0.05) is 37.6 Å². The Bertz CT molecular complexity index is 1220. The van der Waals surface area contributed by atoms with Crippen LogP contribution in [0.3, 0.4) is 0 Å². The number of likely N-dealkylation sites (tertiary alicyclic amines) is 1. The van der Waals surface area contributed by atoms with E-state index in [9.17, 15) is 5.11 Å². The second kappa shape index (κ2) is 7.50. The van der Waals surface area contributed by atoms with E-state index in [1.807, 2.05) is 6.07 Å². The third-order valence-electron chi connectivity index (χ3n) is 9.48. The summed E-state index contributed by atoms with van der Waals surface area (Å²) < 4.78 is 6.92. The molecule has 0 radical (unpaired) electrons. The SMILES string of the molecule is Cc1ccc(N2CN(CC(C)C)CC3=C2C2Oc4c(O)ccc5c4[C@@]24CCN(C)[C@H](C5)[C@@H]4C3)cc1. The largest absolute Gasteiger partial charge is 0.504 e. The van der Waals surface area contributed by atoms with Crippen LogP contribution in [0.15, 0.2) is 47.7 Å². The summed E-state index contributed by atoms with van der Waals surface area (Å²) in [7, 11) is 2.31. The number of aromatic hydroxyl groups is 1. The topological polar surface area (TPSA) is 39.2 Å². The summed E-state index contributed by atoms with van der Waals surface area (Å²) in [6.07, 6.45) is 3.24. The van der Waals surface area contributed by atoms with Crippen molar-refractivity contribution in [3.63, 3.8) is 0 Å². The highest BCUT2D eigenvalue weighted by atomic mass is 16.5. The Labute approximate surface area is 209 Å². The molecule has 2 aliphatic carbocycles.